The summed E-state index contributed by atoms with van der Waals surface area (Å²) in [4.78, 5) is 26.4. The van der Waals surface area contributed by atoms with Crippen molar-refractivity contribution in [3.05, 3.63) is 59.2 Å². The van der Waals surface area contributed by atoms with Gasteiger partial charge in [-0.25, -0.2) is 13.6 Å². The Bertz CT molecular complexity index is 942. The fourth-order valence-electron chi connectivity index (χ4n) is 3.76. The fourth-order valence-corrected chi connectivity index (χ4v) is 3.76. The molecule has 29 heavy (non-hydrogen) atoms. The largest absolute Gasteiger partial charge is 0.497 e. The number of likely N-dealkylation sites (N-methyl/N-ethyl adjacent to an activating group) is 1. The maximum atomic E-state index is 15.2. The van der Waals surface area contributed by atoms with E-state index < -0.39 is 29.6 Å². The molecular formula is C22H23F2NO4. The molecule has 3 rings (SSSR count). The van der Waals surface area contributed by atoms with Gasteiger partial charge < -0.3 is 14.4 Å². The third kappa shape index (κ3) is 3.57. The summed E-state index contributed by atoms with van der Waals surface area (Å²) in [5.41, 5.74) is -0.562. The van der Waals surface area contributed by atoms with Gasteiger partial charge in [0.25, 0.3) is 5.92 Å². The van der Waals surface area contributed by atoms with Crippen LogP contribution in [0.15, 0.2) is 42.5 Å². The van der Waals surface area contributed by atoms with Gasteiger partial charge in [-0.3, -0.25) is 4.79 Å². The highest BCUT2D eigenvalue weighted by Gasteiger charge is 2.52. The van der Waals surface area contributed by atoms with Crippen LogP contribution in [0.2, 0.25) is 0 Å². The summed E-state index contributed by atoms with van der Waals surface area (Å²) in [5, 5.41) is 0. The number of amides is 1. The smallest absolute Gasteiger partial charge is 0.338 e. The quantitative estimate of drug-likeness (QED) is 0.676. The molecule has 7 heteroatoms. The van der Waals surface area contributed by atoms with Gasteiger partial charge in [0, 0.05) is 24.7 Å². The Hall–Kier alpha value is -2.96. The second-order valence-electron chi connectivity index (χ2n) is 7.26. The van der Waals surface area contributed by atoms with Crippen molar-refractivity contribution < 1.29 is 27.8 Å². The number of carbonyl (C=O) groups excluding carboxylic acids is 2. The van der Waals surface area contributed by atoms with E-state index in [0.29, 0.717) is 17.0 Å². The predicted octanol–water partition coefficient (Wildman–Crippen LogP) is 4.29. The molecule has 0 aliphatic carbocycles. The molecule has 0 spiro atoms. The van der Waals surface area contributed by atoms with E-state index in [-0.39, 0.29) is 17.7 Å². The van der Waals surface area contributed by atoms with Crippen molar-refractivity contribution in [3.8, 4) is 5.75 Å². The van der Waals surface area contributed by atoms with Crippen molar-refractivity contribution in [2.75, 3.05) is 25.7 Å². The zero-order chi connectivity index (χ0) is 21.4. The summed E-state index contributed by atoms with van der Waals surface area (Å²) in [7, 11) is 3.00. The molecule has 1 atom stereocenters. The number of hydrogen-bond donors (Lipinski definition) is 0. The molecule has 0 fully saturated rings. The summed E-state index contributed by atoms with van der Waals surface area (Å²) in [6, 6.07) is 10.1. The van der Waals surface area contributed by atoms with Gasteiger partial charge >= 0.3 is 5.97 Å². The molecule has 0 aromatic heterocycles. The Morgan fingerprint density at radius 3 is 2.41 bits per heavy atom. The Morgan fingerprint density at radius 2 is 1.83 bits per heavy atom. The van der Waals surface area contributed by atoms with Gasteiger partial charge in [-0.05, 0) is 61.9 Å². The number of nitrogens with zero attached hydrogens (tertiary/aromatic N) is 1. The van der Waals surface area contributed by atoms with E-state index in [1.54, 1.807) is 20.0 Å². The van der Waals surface area contributed by atoms with Gasteiger partial charge in [0.1, 0.15) is 5.75 Å². The third-order valence-corrected chi connectivity index (χ3v) is 5.33. The van der Waals surface area contributed by atoms with Crippen LogP contribution in [0.1, 0.15) is 41.8 Å². The molecule has 1 unspecified atom stereocenters. The first-order chi connectivity index (χ1) is 13.6. The van der Waals surface area contributed by atoms with Crippen LogP contribution < -0.4 is 9.64 Å². The Labute approximate surface area is 168 Å². The van der Waals surface area contributed by atoms with E-state index in [1.807, 2.05) is 0 Å². The average molecular weight is 403 g/mol. The van der Waals surface area contributed by atoms with Crippen LogP contribution >= 0.6 is 0 Å². The molecule has 1 aliphatic rings. The molecule has 2 aromatic carbocycles. The van der Waals surface area contributed by atoms with Crippen LogP contribution in [0.3, 0.4) is 0 Å². The van der Waals surface area contributed by atoms with E-state index in [1.165, 1.54) is 55.3 Å². The molecule has 5 nitrogen and oxygen atoms in total. The van der Waals surface area contributed by atoms with E-state index in [4.69, 9.17) is 9.47 Å². The first kappa shape index (κ1) is 20.8. The summed E-state index contributed by atoms with van der Waals surface area (Å²) < 4.78 is 40.3. The van der Waals surface area contributed by atoms with Gasteiger partial charge in [0.2, 0.25) is 5.91 Å². The first-order valence-electron chi connectivity index (χ1n) is 9.26. The lowest BCUT2D eigenvalue weighted by atomic mass is 9.77. The van der Waals surface area contributed by atoms with Crippen LogP contribution in [0, 0.1) is 0 Å². The minimum atomic E-state index is -3.26. The van der Waals surface area contributed by atoms with E-state index >= 15 is 8.78 Å². The van der Waals surface area contributed by atoms with Crippen molar-refractivity contribution in [1.29, 1.82) is 0 Å². The molecule has 0 saturated heterocycles. The number of rotatable bonds is 6. The number of esters is 1. The highest BCUT2D eigenvalue weighted by molar-refractivity contribution is 6.08. The van der Waals surface area contributed by atoms with Crippen LogP contribution in [0.4, 0.5) is 14.5 Å². The predicted molar refractivity (Wildman–Crippen MR) is 105 cm³/mol. The zero-order valence-electron chi connectivity index (χ0n) is 16.8. The van der Waals surface area contributed by atoms with E-state index in [0.717, 1.165) is 0 Å². The lowest BCUT2D eigenvalue weighted by molar-refractivity contribution is -0.126. The highest BCUT2D eigenvalue weighted by atomic mass is 19.3. The number of halogens is 2. The van der Waals surface area contributed by atoms with Gasteiger partial charge in [0.15, 0.2) is 0 Å². The van der Waals surface area contributed by atoms with Gasteiger partial charge in [-0.1, -0.05) is 0 Å². The van der Waals surface area contributed by atoms with Crippen molar-refractivity contribution in [1.82, 2.24) is 0 Å². The number of carbonyl (C=O) groups is 2. The Kier molecular flexibility index (Phi) is 5.34. The summed E-state index contributed by atoms with van der Waals surface area (Å²) in [5.74, 6) is -3.79. The molecule has 1 heterocycles. The molecule has 154 valence electrons. The Balaban J connectivity index is 2.01. The van der Waals surface area contributed by atoms with Crippen LogP contribution in [0.25, 0.3) is 0 Å². The molecule has 2 aromatic rings. The maximum Gasteiger partial charge on any atom is 0.338 e. The number of hydrogen-bond acceptors (Lipinski definition) is 4. The summed E-state index contributed by atoms with van der Waals surface area (Å²) in [6.45, 7) is 3.37. The Morgan fingerprint density at radius 1 is 1.17 bits per heavy atom. The van der Waals surface area contributed by atoms with Crippen molar-refractivity contribution in [2.45, 2.75) is 31.6 Å². The van der Waals surface area contributed by atoms with Gasteiger partial charge in [-0.15, -0.1) is 0 Å². The number of fused-ring (bicyclic) bond motifs is 1. The molecule has 0 N–H and O–H groups in total. The molecule has 1 aliphatic heterocycles. The summed E-state index contributed by atoms with van der Waals surface area (Å²) in [6.07, 6.45) is -0.727. The number of ether oxygens (including phenoxy) is 2. The van der Waals surface area contributed by atoms with Crippen LogP contribution in [0.5, 0.6) is 5.75 Å². The van der Waals surface area contributed by atoms with Crippen molar-refractivity contribution >= 4 is 17.6 Å². The SMILES string of the molecule is CCOC(=O)c1ccc2c(c1)C(C)(CC(F)(F)c1ccc(OC)cc1)C(=O)N2C. The zero-order valence-corrected chi connectivity index (χ0v) is 16.8. The van der Waals surface area contributed by atoms with Crippen molar-refractivity contribution in [3.63, 3.8) is 0 Å². The molecule has 1 amide bonds. The van der Waals surface area contributed by atoms with Gasteiger partial charge in [-0.2, -0.15) is 0 Å². The number of anilines is 1. The minimum absolute atomic E-state index is 0.196. The normalized spacial score (nSPS) is 18.6. The van der Waals surface area contributed by atoms with Crippen molar-refractivity contribution in [2.24, 2.45) is 0 Å². The van der Waals surface area contributed by atoms with E-state index in [2.05, 4.69) is 0 Å². The second kappa shape index (κ2) is 7.46. The summed E-state index contributed by atoms with van der Waals surface area (Å²) >= 11 is 0. The lowest BCUT2D eigenvalue weighted by Gasteiger charge is -2.29. The first-order valence-corrected chi connectivity index (χ1v) is 9.26. The minimum Gasteiger partial charge on any atom is -0.497 e. The molecular weight excluding hydrogens is 380 g/mol. The van der Waals surface area contributed by atoms with Crippen LogP contribution in [-0.4, -0.2) is 32.6 Å². The van der Waals surface area contributed by atoms with Crippen LogP contribution in [-0.2, 0) is 20.9 Å². The molecule has 0 bridgehead atoms. The number of methoxy groups -OCH3 is 1. The third-order valence-electron chi connectivity index (χ3n) is 5.33. The van der Waals surface area contributed by atoms with E-state index in [9.17, 15) is 9.59 Å². The lowest BCUT2D eigenvalue weighted by Crippen LogP contribution is -2.40. The molecule has 0 radical (unpaired) electrons. The number of alkyl halides is 2. The fraction of sp³-hybridized carbons (Fsp3) is 0.364. The molecule has 0 saturated carbocycles. The maximum absolute atomic E-state index is 15.2. The topological polar surface area (TPSA) is 55.8 Å². The second-order valence-corrected chi connectivity index (χ2v) is 7.26. The standard InChI is InChI=1S/C22H23F2NO4/c1-5-29-19(26)14-6-11-18-17(12-14)21(2,20(27)25(18)3)13-22(23,24)15-7-9-16(28-4)10-8-15/h6-12H,5,13H2,1-4H3. The monoisotopic (exact) mass is 403 g/mol. The average Bonchev–Trinajstić information content (AvgIpc) is 2.88. The highest BCUT2D eigenvalue weighted by Crippen LogP contribution is 2.49. The van der Waals surface area contributed by atoms with Gasteiger partial charge in [0.05, 0.1) is 24.7 Å². The number of benzene rings is 2.